The number of carboxylic acids is 1. The Morgan fingerprint density at radius 3 is 1.60 bits per heavy atom. The maximum atomic E-state index is 9.53. The van der Waals surface area contributed by atoms with Crippen molar-refractivity contribution < 1.29 is 9.90 Å². The van der Waals surface area contributed by atoms with Crippen LogP contribution in [0.1, 0.15) is 6.42 Å². The highest BCUT2D eigenvalue weighted by molar-refractivity contribution is 5.68. The molecule has 0 aliphatic carbocycles. The van der Waals surface area contributed by atoms with Gasteiger partial charge in [0, 0.05) is 0 Å². The van der Waals surface area contributed by atoms with Crippen molar-refractivity contribution in [2.45, 2.75) is 6.42 Å². The zero-order valence-corrected chi connectivity index (χ0v) is 6.18. The first-order chi connectivity index (χ1) is 4.77. The molecular weight excluding hydrogens is 128 g/mol. The van der Waals surface area contributed by atoms with Gasteiger partial charge < -0.3 is 5.11 Å². The minimum Gasteiger partial charge on any atom is -0.481 e. The van der Waals surface area contributed by atoms with Crippen molar-refractivity contribution in [3.05, 3.63) is 39.0 Å². The van der Waals surface area contributed by atoms with Crippen LogP contribution in [-0.4, -0.2) is 11.1 Å². The molecule has 0 aromatic carbocycles. The van der Waals surface area contributed by atoms with Gasteiger partial charge >= 0.3 is 5.97 Å². The molecule has 2 heteroatoms. The van der Waals surface area contributed by atoms with E-state index in [9.17, 15) is 4.79 Å². The van der Waals surface area contributed by atoms with Gasteiger partial charge in [-0.2, -0.15) is 0 Å². The van der Waals surface area contributed by atoms with Crippen molar-refractivity contribution in [1.29, 1.82) is 0 Å². The Bertz CT molecular complexity index is 85.3. The lowest BCUT2D eigenvalue weighted by atomic mass is 10.4. The van der Waals surface area contributed by atoms with E-state index in [-0.39, 0.29) is 6.42 Å². The van der Waals surface area contributed by atoms with Gasteiger partial charge in [-0.15, -0.1) is 32.9 Å². The third-order valence-corrected chi connectivity index (χ3v) is 0.319. The Balaban J connectivity index is -0.000000105. The van der Waals surface area contributed by atoms with Crippen LogP contribution in [0.15, 0.2) is 39.0 Å². The van der Waals surface area contributed by atoms with E-state index in [0.717, 1.165) is 0 Å². The molecule has 10 heavy (non-hydrogen) atoms. The molecule has 0 bridgehead atoms. The number of carbonyl (C=O) groups is 1. The van der Waals surface area contributed by atoms with E-state index in [2.05, 4.69) is 32.9 Å². The smallest absolute Gasteiger partial charge is 0.307 e. The molecule has 0 heterocycles. The van der Waals surface area contributed by atoms with Crippen LogP contribution >= 0.6 is 0 Å². The lowest BCUT2D eigenvalue weighted by Gasteiger charge is -1.75. The zero-order chi connectivity index (χ0) is 8.99. The summed E-state index contributed by atoms with van der Waals surface area (Å²) in [7, 11) is 0. The molecule has 0 saturated carbocycles. The highest BCUT2D eigenvalue weighted by atomic mass is 16.4. The summed E-state index contributed by atoms with van der Waals surface area (Å²) < 4.78 is 0. The van der Waals surface area contributed by atoms with E-state index in [0.29, 0.717) is 0 Å². The molecular formula is C8H14O2. The molecule has 0 spiro atoms. The quantitative estimate of drug-likeness (QED) is 0.600. The number of hydrogen-bond acceptors (Lipinski definition) is 1. The van der Waals surface area contributed by atoms with E-state index in [1.54, 1.807) is 0 Å². The van der Waals surface area contributed by atoms with Crippen molar-refractivity contribution in [3.8, 4) is 0 Å². The van der Waals surface area contributed by atoms with Crippen LogP contribution in [0.3, 0.4) is 0 Å². The standard InChI is InChI=1S/C4H6O2.2C2H4/c1-2-3-4(5)6;2*1-2/h2H,1,3H2,(H,5,6);2*1-2H2. The molecule has 0 aromatic rings. The highest BCUT2D eigenvalue weighted by Crippen LogP contribution is 1.74. The fourth-order valence-electron chi connectivity index (χ4n) is 0.123. The van der Waals surface area contributed by atoms with E-state index in [1.165, 1.54) is 6.08 Å². The van der Waals surface area contributed by atoms with Crippen molar-refractivity contribution in [2.75, 3.05) is 0 Å². The maximum Gasteiger partial charge on any atom is 0.307 e. The van der Waals surface area contributed by atoms with Gasteiger partial charge in [0.25, 0.3) is 0 Å². The van der Waals surface area contributed by atoms with Gasteiger partial charge in [0.1, 0.15) is 0 Å². The summed E-state index contributed by atoms with van der Waals surface area (Å²) in [5, 5.41) is 7.84. The lowest BCUT2D eigenvalue weighted by Crippen LogP contribution is -1.88. The maximum absolute atomic E-state index is 9.53. The predicted octanol–water partition coefficient (Wildman–Crippen LogP) is 2.25. The minimum absolute atomic E-state index is 0.0556. The second-order valence-electron chi connectivity index (χ2n) is 0.887. The topological polar surface area (TPSA) is 37.3 Å². The SMILES string of the molecule is C=C.C=C.C=CCC(=O)O. The third kappa shape index (κ3) is 75.8. The number of hydrogen-bond donors (Lipinski definition) is 1. The summed E-state index contributed by atoms with van der Waals surface area (Å²) in [6, 6.07) is 0. The molecule has 0 atom stereocenters. The number of carboxylic acid groups (broad SMARTS) is 1. The van der Waals surface area contributed by atoms with Crippen molar-refractivity contribution in [1.82, 2.24) is 0 Å². The summed E-state index contributed by atoms with van der Waals surface area (Å²) in [5.41, 5.74) is 0. The Kier molecular flexibility index (Phi) is 40.1. The van der Waals surface area contributed by atoms with Crippen LogP contribution in [0, 0.1) is 0 Å². The first kappa shape index (κ1) is 15.9. The first-order valence-electron chi connectivity index (χ1n) is 2.60. The molecule has 1 N–H and O–H groups in total. The summed E-state index contributed by atoms with van der Waals surface area (Å²) in [6.07, 6.45) is 1.41. The van der Waals surface area contributed by atoms with Gasteiger partial charge in [0.2, 0.25) is 0 Å². The van der Waals surface area contributed by atoms with E-state index >= 15 is 0 Å². The number of rotatable bonds is 2. The van der Waals surface area contributed by atoms with Gasteiger partial charge in [-0.1, -0.05) is 6.08 Å². The molecule has 0 saturated heterocycles. The minimum atomic E-state index is -0.829. The van der Waals surface area contributed by atoms with Crippen molar-refractivity contribution in [3.63, 3.8) is 0 Å². The summed E-state index contributed by atoms with van der Waals surface area (Å²) in [5.74, 6) is -0.829. The molecule has 0 aliphatic rings. The van der Waals surface area contributed by atoms with Gasteiger partial charge in [-0.05, 0) is 0 Å². The second kappa shape index (κ2) is 25.3. The molecule has 0 fully saturated rings. The first-order valence-corrected chi connectivity index (χ1v) is 2.60. The molecule has 2 nitrogen and oxygen atoms in total. The monoisotopic (exact) mass is 142 g/mol. The average molecular weight is 142 g/mol. The highest BCUT2D eigenvalue weighted by Gasteiger charge is 1.84. The van der Waals surface area contributed by atoms with Crippen LogP contribution in [0.25, 0.3) is 0 Å². The van der Waals surface area contributed by atoms with Gasteiger partial charge in [-0.3, -0.25) is 4.79 Å². The third-order valence-electron chi connectivity index (χ3n) is 0.319. The van der Waals surface area contributed by atoms with Gasteiger partial charge in [-0.25, -0.2) is 0 Å². The molecule has 58 valence electrons. The van der Waals surface area contributed by atoms with Gasteiger partial charge in [0.15, 0.2) is 0 Å². The Morgan fingerprint density at radius 1 is 1.30 bits per heavy atom. The van der Waals surface area contributed by atoms with Crippen molar-refractivity contribution >= 4 is 5.97 Å². The lowest BCUT2D eigenvalue weighted by molar-refractivity contribution is -0.135. The van der Waals surface area contributed by atoms with Crippen molar-refractivity contribution in [2.24, 2.45) is 0 Å². The zero-order valence-electron chi connectivity index (χ0n) is 6.18. The largest absolute Gasteiger partial charge is 0.481 e. The van der Waals surface area contributed by atoms with Crippen LogP contribution in [0.4, 0.5) is 0 Å². The fourth-order valence-corrected chi connectivity index (χ4v) is 0.123. The van der Waals surface area contributed by atoms with Crippen LogP contribution in [0.2, 0.25) is 0 Å². The molecule has 0 aliphatic heterocycles. The van der Waals surface area contributed by atoms with Crippen LogP contribution in [-0.2, 0) is 4.79 Å². The molecule has 0 radical (unpaired) electrons. The second-order valence-corrected chi connectivity index (χ2v) is 0.887. The molecule has 0 aromatic heterocycles. The van der Waals surface area contributed by atoms with E-state index < -0.39 is 5.97 Å². The van der Waals surface area contributed by atoms with Crippen LogP contribution in [0.5, 0.6) is 0 Å². The van der Waals surface area contributed by atoms with Gasteiger partial charge in [0.05, 0.1) is 6.42 Å². The molecule has 0 rings (SSSR count). The average Bonchev–Trinajstić information content (AvgIpc) is 1.96. The predicted molar refractivity (Wildman–Crippen MR) is 45.0 cm³/mol. The molecule has 0 unspecified atom stereocenters. The Morgan fingerprint density at radius 2 is 1.60 bits per heavy atom. The Labute approximate surface area is 62.2 Å². The normalized spacial score (nSPS) is 5.20. The number of aliphatic carboxylic acids is 1. The van der Waals surface area contributed by atoms with E-state index in [1.807, 2.05) is 0 Å². The summed E-state index contributed by atoms with van der Waals surface area (Å²) in [4.78, 5) is 9.53. The van der Waals surface area contributed by atoms with E-state index in [4.69, 9.17) is 5.11 Å². The summed E-state index contributed by atoms with van der Waals surface area (Å²) >= 11 is 0. The summed E-state index contributed by atoms with van der Waals surface area (Å²) in [6.45, 7) is 15.2. The van der Waals surface area contributed by atoms with Crippen LogP contribution < -0.4 is 0 Å². The molecule has 0 amide bonds. The fraction of sp³-hybridized carbons (Fsp3) is 0.125. The Hall–Kier alpha value is -1.31.